The van der Waals surface area contributed by atoms with Crippen LogP contribution in [0.15, 0.2) is 35.4 Å². The van der Waals surface area contributed by atoms with Gasteiger partial charge in [0.25, 0.3) is 0 Å². The lowest BCUT2D eigenvalue weighted by atomic mass is 9.86. The topological polar surface area (TPSA) is 17.1 Å². The summed E-state index contributed by atoms with van der Waals surface area (Å²) in [6.45, 7) is 0. The van der Waals surface area contributed by atoms with Crippen LogP contribution in [-0.2, 0) is 4.79 Å². The number of hydrogen-bond donors (Lipinski definition) is 0. The molecule has 0 amide bonds. The third-order valence-corrected chi connectivity index (χ3v) is 4.18. The lowest BCUT2D eigenvalue weighted by Crippen LogP contribution is -2.02. The summed E-state index contributed by atoms with van der Waals surface area (Å²) >= 11 is 5.91. The number of Topliss-reactive ketones (excluding diaryl/α,β-unsaturated/α-hetero) is 1. The fourth-order valence-electron chi connectivity index (χ4n) is 3.08. The van der Waals surface area contributed by atoms with E-state index in [2.05, 4.69) is 12.1 Å². The third kappa shape index (κ3) is 1.93. The van der Waals surface area contributed by atoms with Gasteiger partial charge in [-0.25, -0.2) is 0 Å². The molecule has 0 saturated carbocycles. The normalized spacial score (nSPS) is 24.1. The van der Waals surface area contributed by atoms with Gasteiger partial charge < -0.3 is 0 Å². The van der Waals surface area contributed by atoms with Crippen LogP contribution in [0.2, 0.25) is 5.02 Å². The summed E-state index contributed by atoms with van der Waals surface area (Å²) in [5, 5.41) is 0.760. The molecule has 0 spiro atoms. The molecule has 1 unspecified atom stereocenters. The van der Waals surface area contributed by atoms with E-state index in [0.29, 0.717) is 18.1 Å². The second-order valence-electron chi connectivity index (χ2n) is 4.94. The molecule has 0 N–H and O–H groups in total. The molecule has 1 aromatic carbocycles. The maximum absolute atomic E-state index is 12.0. The molecule has 0 bridgehead atoms. The van der Waals surface area contributed by atoms with E-state index in [9.17, 15) is 4.79 Å². The first kappa shape index (κ1) is 11.0. The predicted molar refractivity (Wildman–Crippen MR) is 69.3 cm³/mol. The SMILES string of the molecule is O=C1CC(c2ccc(Cl)cc2)C2=C1CCCC2. The molecule has 0 fully saturated rings. The van der Waals surface area contributed by atoms with Gasteiger partial charge in [-0.3, -0.25) is 4.79 Å². The number of ketones is 1. The van der Waals surface area contributed by atoms with Gasteiger partial charge in [-0.2, -0.15) is 0 Å². The Balaban J connectivity index is 1.97. The van der Waals surface area contributed by atoms with E-state index in [4.69, 9.17) is 11.6 Å². The van der Waals surface area contributed by atoms with Crippen molar-refractivity contribution in [3.8, 4) is 0 Å². The van der Waals surface area contributed by atoms with Crippen molar-refractivity contribution in [2.24, 2.45) is 0 Å². The summed E-state index contributed by atoms with van der Waals surface area (Å²) in [6, 6.07) is 7.96. The van der Waals surface area contributed by atoms with Crippen LogP contribution < -0.4 is 0 Å². The van der Waals surface area contributed by atoms with E-state index < -0.39 is 0 Å². The molecule has 1 nitrogen and oxygen atoms in total. The highest BCUT2D eigenvalue weighted by atomic mass is 35.5. The van der Waals surface area contributed by atoms with Crippen LogP contribution in [0.25, 0.3) is 0 Å². The van der Waals surface area contributed by atoms with Crippen molar-refractivity contribution in [2.75, 3.05) is 0 Å². The number of carbonyl (C=O) groups excluding carboxylic acids is 1. The Morgan fingerprint density at radius 3 is 2.53 bits per heavy atom. The fraction of sp³-hybridized carbons (Fsp3) is 0.400. The highest BCUT2D eigenvalue weighted by Gasteiger charge is 2.33. The Kier molecular flexibility index (Phi) is 2.79. The molecule has 0 radical (unpaired) electrons. The second kappa shape index (κ2) is 4.30. The van der Waals surface area contributed by atoms with Gasteiger partial charge in [-0.15, -0.1) is 0 Å². The van der Waals surface area contributed by atoms with Crippen LogP contribution in [-0.4, -0.2) is 5.78 Å². The van der Waals surface area contributed by atoms with E-state index in [1.165, 1.54) is 24.0 Å². The minimum absolute atomic E-state index is 0.329. The largest absolute Gasteiger partial charge is 0.295 e. The lowest BCUT2D eigenvalue weighted by Gasteiger charge is -2.18. The van der Waals surface area contributed by atoms with Crippen molar-refractivity contribution in [1.82, 2.24) is 0 Å². The number of rotatable bonds is 1. The van der Waals surface area contributed by atoms with Crippen molar-refractivity contribution < 1.29 is 4.79 Å². The first-order valence-corrected chi connectivity index (χ1v) is 6.64. The van der Waals surface area contributed by atoms with E-state index in [0.717, 1.165) is 23.4 Å². The molecule has 0 saturated heterocycles. The zero-order valence-corrected chi connectivity index (χ0v) is 10.5. The first-order chi connectivity index (χ1) is 8.25. The zero-order chi connectivity index (χ0) is 11.8. The summed E-state index contributed by atoms with van der Waals surface area (Å²) < 4.78 is 0. The molecule has 2 aliphatic carbocycles. The minimum Gasteiger partial charge on any atom is -0.295 e. The van der Waals surface area contributed by atoms with Crippen LogP contribution in [0.5, 0.6) is 0 Å². The maximum Gasteiger partial charge on any atom is 0.159 e. The van der Waals surface area contributed by atoms with Gasteiger partial charge in [-0.05, 0) is 49.0 Å². The monoisotopic (exact) mass is 246 g/mol. The van der Waals surface area contributed by atoms with Crippen molar-refractivity contribution in [3.63, 3.8) is 0 Å². The van der Waals surface area contributed by atoms with Gasteiger partial charge in [0.05, 0.1) is 0 Å². The van der Waals surface area contributed by atoms with Crippen molar-refractivity contribution in [2.45, 2.75) is 38.0 Å². The number of allylic oxidation sites excluding steroid dienone is 2. The van der Waals surface area contributed by atoms with Crippen LogP contribution >= 0.6 is 11.6 Å². The van der Waals surface area contributed by atoms with Crippen LogP contribution in [0.4, 0.5) is 0 Å². The average molecular weight is 247 g/mol. The van der Waals surface area contributed by atoms with Gasteiger partial charge >= 0.3 is 0 Å². The van der Waals surface area contributed by atoms with E-state index >= 15 is 0 Å². The van der Waals surface area contributed by atoms with Crippen LogP contribution in [0.1, 0.15) is 43.6 Å². The first-order valence-electron chi connectivity index (χ1n) is 6.26. The summed E-state index contributed by atoms with van der Waals surface area (Å²) in [7, 11) is 0. The Morgan fingerprint density at radius 2 is 1.76 bits per heavy atom. The molecule has 0 aromatic heterocycles. The molecule has 88 valence electrons. The Labute approximate surface area is 106 Å². The number of benzene rings is 1. The van der Waals surface area contributed by atoms with Gasteiger partial charge in [0.15, 0.2) is 5.78 Å². The smallest absolute Gasteiger partial charge is 0.159 e. The zero-order valence-electron chi connectivity index (χ0n) is 9.71. The Bertz CT molecular complexity index is 484. The van der Waals surface area contributed by atoms with Gasteiger partial charge in [0.2, 0.25) is 0 Å². The summed E-state index contributed by atoms with van der Waals surface area (Å²) in [5.74, 6) is 0.703. The van der Waals surface area contributed by atoms with Gasteiger partial charge in [0, 0.05) is 17.4 Å². The summed E-state index contributed by atoms with van der Waals surface area (Å²) in [5.41, 5.74) is 3.79. The predicted octanol–water partition coefficient (Wildman–Crippen LogP) is 4.27. The van der Waals surface area contributed by atoms with Crippen molar-refractivity contribution >= 4 is 17.4 Å². The molecule has 2 aliphatic rings. The van der Waals surface area contributed by atoms with Gasteiger partial charge in [0.1, 0.15) is 0 Å². The second-order valence-corrected chi connectivity index (χ2v) is 5.38. The van der Waals surface area contributed by atoms with Crippen molar-refractivity contribution in [1.29, 1.82) is 0 Å². The quantitative estimate of drug-likeness (QED) is 0.723. The van der Waals surface area contributed by atoms with Crippen LogP contribution in [0.3, 0.4) is 0 Å². The maximum atomic E-state index is 12.0. The van der Waals surface area contributed by atoms with Gasteiger partial charge in [-0.1, -0.05) is 29.3 Å². The highest BCUT2D eigenvalue weighted by Crippen LogP contribution is 2.44. The lowest BCUT2D eigenvalue weighted by molar-refractivity contribution is -0.115. The van der Waals surface area contributed by atoms with Crippen LogP contribution in [0, 0.1) is 0 Å². The molecule has 1 aromatic rings. The molecular weight excluding hydrogens is 232 g/mol. The average Bonchev–Trinajstić information content (AvgIpc) is 2.69. The molecule has 0 aliphatic heterocycles. The molecule has 17 heavy (non-hydrogen) atoms. The third-order valence-electron chi connectivity index (χ3n) is 3.93. The molecule has 1 atom stereocenters. The van der Waals surface area contributed by atoms with E-state index in [1.807, 2.05) is 12.1 Å². The molecule has 3 rings (SSSR count). The Hall–Kier alpha value is -1.08. The van der Waals surface area contributed by atoms with E-state index in [1.54, 1.807) is 0 Å². The molecular formula is C15H15ClO. The summed E-state index contributed by atoms with van der Waals surface area (Å²) in [4.78, 5) is 12.0. The number of halogens is 1. The summed E-state index contributed by atoms with van der Waals surface area (Å²) in [6.07, 6.45) is 5.19. The highest BCUT2D eigenvalue weighted by molar-refractivity contribution is 6.30. The minimum atomic E-state index is 0.329. The van der Waals surface area contributed by atoms with Crippen molar-refractivity contribution in [3.05, 3.63) is 46.0 Å². The number of carbonyl (C=O) groups is 1. The molecule has 0 heterocycles. The molecule has 2 heteroatoms. The van der Waals surface area contributed by atoms with E-state index in [-0.39, 0.29) is 0 Å². The number of hydrogen-bond acceptors (Lipinski definition) is 1. The Morgan fingerprint density at radius 1 is 1.06 bits per heavy atom. The fourth-order valence-corrected chi connectivity index (χ4v) is 3.20. The standard InChI is InChI=1S/C15H15ClO/c16-11-7-5-10(6-8-11)14-9-15(17)13-4-2-1-3-12(13)14/h5-8,14H,1-4,9H2.